The van der Waals surface area contributed by atoms with Crippen molar-refractivity contribution in [2.24, 2.45) is 5.73 Å². The molecule has 0 aliphatic heterocycles. The molecule has 0 radical (unpaired) electrons. The first-order valence-electron chi connectivity index (χ1n) is 6.77. The number of hydrogen-bond donors (Lipinski definition) is 2. The number of rotatable bonds is 4. The smallest absolute Gasteiger partial charge is 0.240 e. The van der Waals surface area contributed by atoms with E-state index in [-0.39, 0.29) is 17.9 Å². The SMILES string of the molecule is Cc1ccc(S(=O)(=O)NCC2(N)CCCCC2)cc1.Cl. The van der Waals surface area contributed by atoms with Crippen LogP contribution in [0.2, 0.25) is 0 Å². The molecule has 0 bridgehead atoms. The molecule has 0 amide bonds. The number of sulfonamides is 1. The molecule has 1 aliphatic carbocycles. The first-order valence-corrected chi connectivity index (χ1v) is 8.25. The molecule has 1 aliphatic rings. The summed E-state index contributed by atoms with van der Waals surface area (Å²) in [4.78, 5) is 0.303. The largest absolute Gasteiger partial charge is 0.324 e. The van der Waals surface area contributed by atoms with Crippen molar-refractivity contribution in [3.8, 4) is 0 Å². The third kappa shape index (κ3) is 4.45. The lowest BCUT2D eigenvalue weighted by Crippen LogP contribution is -2.51. The van der Waals surface area contributed by atoms with Crippen LogP contribution in [0.15, 0.2) is 29.2 Å². The van der Waals surface area contributed by atoms with Crippen LogP contribution in [0.4, 0.5) is 0 Å². The highest BCUT2D eigenvalue weighted by Crippen LogP contribution is 2.25. The van der Waals surface area contributed by atoms with Gasteiger partial charge in [-0.3, -0.25) is 0 Å². The van der Waals surface area contributed by atoms with Crippen LogP contribution in [0.25, 0.3) is 0 Å². The molecule has 20 heavy (non-hydrogen) atoms. The zero-order chi connectivity index (χ0) is 13.9. The van der Waals surface area contributed by atoms with Crippen molar-refractivity contribution in [3.05, 3.63) is 29.8 Å². The van der Waals surface area contributed by atoms with Gasteiger partial charge < -0.3 is 5.73 Å². The normalized spacial score (nSPS) is 18.3. The van der Waals surface area contributed by atoms with Crippen molar-refractivity contribution in [1.82, 2.24) is 4.72 Å². The number of hydrogen-bond acceptors (Lipinski definition) is 3. The van der Waals surface area contributed by atoms with E-state index in [2.05, 4.69) is 4.72 Å². The van der Waals surface area contributed by atoms with Crippen LogP contribution in [-0.4, -0.2) is 20.5 Å². The molecule has 4 nitrogen and oxygen atoms in total. The van der Waals surface area contributed by atoms with Gasteiger partial charge in [-0.05, 0) is 31.9 Å². The van der Waals surface area contributed by atoms with Crippen molar-refractivity contribution in [2.45, 2.75) is 49.5 Å². The van der Waals surface area contributed by atoms with Crippen LogP contribution in [0.5, 0.6) is 0 Å². The van der Waals surface area contributed by atoms with Gasteiger partial charge in [0.1, 0.15) is 0 Å². The molecule has 1 aromatic carbocycles. The predicted octanol–water partition coefficient (Wildman–Crippen LogP) is 2.36. The minimum Gasteiger partial charge on any atom is -0.324 e. The minimum atomic E-state index is -3.44. The molecule has 1 fully saturated rings. The van der Waals surface area contributed by atoms with Crippen molar-refractivity contribution in [2.75, 3.05) is 6.54 Å². The molecule has 1 aromatic rings. The lowest BCUT2D eigenvalue weighted by molar-refractivity contribution is 0.296. The Bertz CT molecular complexity index is 523. The highest BCUT2D eigenvalue weighted by molar-refractivity contribution is 7.89. The Labute approximate surface area is 127 Å². The second-order valence-corrected chi connectivity index (χ2v) is 7.33. The topological polar surface area (TPSA) is 72.2 Å². The van der Waals surface area contributed by atoms with E-state index >= 15 is 0 Å². The van der Waals surface area contributed by atoms with E-state index in [0.29, 0.717) is 11.4 Å². The number of halogens is 1. The van der Waals surface area contributed by atoms with Gasteiger partial charge in [0.25, 0.3) is 0 Å². The van der Waals surface area contributed by atoms with Gasteiger partial charge in [-0.1, -0.05) is 37.0 Å². The molecule has 0 unspecified atom stereocenters. The highest BCUT2D eigenvalue weighted by atomic mass is 35.5. The summed E-state index contributed by atoms with van der Waals surface area (Å²) < 4.78 is 27.0. The second-order valence-electron chi connectivity index (χ2n) is 5.56. The molecule has 2 rings (SSSR count). The van der Waals surface area contributed by atoms with E-state index < -0.39 is 10.0 Å². The van der Waals surface area contributed by atoms with Gasteiger partial charge in [-0.2, -0.15) is 0 Å². The summed E-state index contributed by atoms with van der Waals surface area (Å²) in [5, 5.41) is 0. The Morgan fingerprint density at radius 3 is 2.25 bits per heavy atom. The second kappa shape index (κ2) is 6.89. The molecule has 0 saturated heterocycles. The minimum absolute atomic E-state index is 0. The number of nitrogens with two attached hydrogens (primary N) is 1. The maximum Gasteiger partial charge on any atom is 0.240 e. The van der Waals surface area contributed by atoms with E-state index in [4.69, 9.17) is 5.73 Å². The lowest BCUT2D eigenvalue weighted by Gasteiger charge is -2.33. The summed E-state index contributed by atoms with van der Waals surface area (Å²) in [5.41, 5.74) is 6.91. The fourth-order valence-electron chi connectivity index (χ4n) is 2.47. The zero-order valence-electron chi connectivity index (χ0n) is 11.8. The Morgan fingerprint density at radius 2 is 1.70 bits per heavy atom. The molecule has 0 heterocycles. The average Bonchev–Trinajstić information content (AvgIpc) is 2.38. The van der Waals surface area contributed by atoms with E-state index in [0.717, 1.165) is 31.2 Å². The van der Waals surface area contributed by atoms with Gasteiger partial charge >= 0.3 is 0 Å². The summed E-state index contributed by atoms with van der Waals surface area (Å²) in [6, 6.07) is 6.85. The molecule has 0 aromatic heterocycles. The van der Waals surface area contributed by atoms with Crippen LogP contribution < -0.4 is 10.5 Å². The van der Waals surface area contributed by atoms with Crippen molar-refractivity contribution < 1.29 is 8.42 Å². The monoisotopic (exact) mass is 318 g/mol. The lowest BCUT2D eigenvalue weighted by atomic mass is 9.83. The molecular weight excluding hydrogens is 296 g/mol. The van der Waals surface area contributed by atoms with Crippen LogP contribution >= 0.6 is 12.4 Å². The first kappa shape index (κ1) is 17.4. The summed E-state index contributed by atoms with van der Waals surface area (Å²) in [6.45, 7) is 2.25. The quantitative estimate of drug-likeness (QED) is 0.895. The van der Waals surface area contributed by atoms with Gasteiger partial charge in [-0.25, -0.2) is 13.1 Å². The average molecular weight is 319 g/mol. The van der Waals surface area contributed by atoms with Crippen LogP contribution in [0, 0.1) is 6.92 Å². The van der Waals surface area contributed by atoms with Gasteiger partial charge in [0, 0.05) is 12.1 Å². The summed E-state index contributed by atoms with van der Waals surface area (Å²) in [5.74, 6) is 0. The van der Waals surface area contributed by atoms with Crippen LogP contribution in [0.3, 0.4) is 0 Å². The molecule has 0 atom stereocenters. The first-order chi connectivity index (χ1) is 8.91. The Kier molecular flexibility index (Phi) is 6.01. The van der Waals surface area contributed by atoms with Gasteiger partial charge in [0.05, 0.1) is 4.90 Å². The molecule has 3 N–H and O–H groups in total. The molecule has 6 heteroatoms. The standard InChI is InChI=1S/C14H22N2O2S.ClH/c1-12-5-7-13(8-6-12)19(17,18)16-11-14(15)9-3-2-4-10-14;/h5-8,16H,2-4,9-11,15H2,1H3;1H. The van der Waals surface area contributed by atoms with Crippen molar-refractivity contribution >= 4 is 22.4 Å². The van der Waals surface area contributed by atoms with Gasteiger partial charge in [-0.15, -0.1) is 12.4 Å². The van der Waals surface area contributed by atoms with Gasteiger partial charge in [0.2, 0.25) is 10.0 Å². The molecule has 114 valence electrons. The van der Waals surface area contributed by atoms with Crippen molar-refractivity contribution in [3.63, 3.8) is 0 Å². The fraction of sp³-hybridized carbons (Fsp3) is 0.571. The highest BCUT2D eigenvalue weighted by Gasteiger charge is 2.29. The van der Waals surface area contributed by atoms with Crippen LogP contribution in [0.1, 0.15) is 37.7 Å². The summed E-state index contributed by atoms with van der Waals surface area (Å²) >= 11 is 0. The molecular formula is C14H23ClN2O2S. The third-order valence-electron chi connectivity index (χ3n) is 3.79. The zero-order valence-corrected chi connectivity index (χ0v) is 13.4. The molecule has 1 saturated carbocycles. The van der Waals surface area contributed by atoms with Gasteiger partial charge in [0.15, 0.2) is 0 Å². The summed E-state index contributed by atoms with van der Waals surface area (Å²) in [6.07, 6.45) is 5.15. The maximum absolute atomic E-state index is 12.2. The van der Waals surface area contributed by atoms with E-state index in [1.807, 2.05) is 6.92 Å². The van der Waals surface area contributed by atoms with Crippen LogP contribution in [-0.2, 0) is 10.0 Å². The number of benzene rings is 1. The molecule has 0 spiro atoms. The van der Waals surface area contributed by atoms with E-state index in [9.17, 15) is 8.42 Å². The fourth-order valence-corrected chi connectivity index (χ4v) is 3.61. The Hall–Kier alpha value is -0.620. The maximum atomic E-state index is 12.2. The Balaban J connectivity index is 0.00000200. The summed E-state index contributed by atoms with van der Waals surface area (Å²) in [7, 11) is -3.44. The van der Waals surface area contributed by atoms with E-state index in [1.165, 1.54) is 6.42 Å². The van der Waals surface area contributed by atoms with E-state index in [1.54, 1.807) is 24.3 Å². The predicted molar refractivity (Wildman–Crippen MR) is 83.6 cm³/mol. The Morgan fingerprint density at radius 1 is 1.15 bits per heavy atom. The third-order valence-corrected chi connectivity index (χ3v) is 5.21. The number of nitrogens with one attached hydrogen (secondary N) is 1. The number of aryl methyl sites for hydroxylation is 1. The van der Waals surface area contributed by atoms with Crippen molar-refractivity contribution in [1.29, 1.82) is 0 Å².